The molecule has 1 aromatic heterocycles. The number of nitrogens with zero attached hydrogens (tertiary/aromatic N) is 2. The van der Waals surface area contributed by atoms with E-state index in [0.29, 0.717) is 25.1 Å². The molecule has 0 radical (unpaired) electrons. The minimum Gasteiger partial charge on any atom is -0.472 e. The molecule has 0 spiro atoms. The highest BCUT2D eigenvalue weighted by Gasteiger charge is 2.61. The first kappa shape index (κ1) is 34.4. The monoisotopic (exact) mass is 669 g/mol. The predicted octanol–water partition coefficient (Wildman–Crippen LogP) is 6.68. The highest BCUT2D eigenvalue weighted by molar-refractivity contribution is 6.07. The lowest BCUT2D eigenvalue weighted by molar-refractivity contribution is -0.152. The molecule has 260 valence electrons. The van der Waals surface area contributed by atoms with Gasteiger partial charge in [-0.25, -0.2) is 9.78 Å². The number of Topliss-reactive ketones (excluding diaryl/α,β-unsaturated/α-hetero) is 1. The van der Waals surface area contributed by atoms with Crippen molar-refractivity contribution in [3.63, 3.8) is 0 Å². The van der Waals surface area contributed by atoms with Crippen LogP contribution in [0.5, 0.6) is 5.88 Å². The molecule has 2 aromatic carbocycles. The number of alkyl carbamates (subject to hydrolysis) is 1. The molecule has 2 amide bonds. The van der Waals surface area contributed by atoms with Gasteiger partial charge in [-0.2, -0.15) is 0 Å². The average molecular weight is 670 g/mol. The van der Waals surface area contributed by atoms with Gasteiger partial charge in [-0.1, -0.05) is 61.4 Å². The van der Waals surface area contributed by atoms with Crippen molar-refractivity contribution in [2.45, 2.75) is 103 Å². The Morgan fingerprint density at radius 3 is 2.49 bits per heavy atom. The summed E-state index contributed by atoms with van der Waals surface area (Å²) in [6, 6.07) is 14.0. The van der Waals surface area contributed by atoms with Gasteiger partial charge in [0.2, 0.25) is 11.8 Å². The maximum atomic E-state index is 14.4. The third kappa shape index (κ3) is 7.58. The lowest BCUT2D eigenvalue weighted by Gasteiger charge is -2.30. The van der Waals surface area contributed by atoms with Crippen molar-refractivity contribution in [3.8, 4) is 5.88 Å². The molecular weight excluding hydrogens is 622 g/mol. The minimum absolute atomic E-state index is 0.0384. The molecule has 10 heteroatoms. The van der Waals surface area contributed by atoms with Gasteiger partial charge in [0.05, 0.1) is 30.1 Å². The van der Waals surface area contributed by atoms with Crippen LogP contribution in [-0.2, 0) is 23.9 Å². The summed E-state index contributed by atoms with van der Waals surface area (Å²) in [7, 11) is 0. The Labute approximate surface area is 287 Å². The molecule has 1 aliphatic carbocycles. The van der Waals surface area contributed by atoms with Crippen molar-refractivity contribution in [1.82, 2.24) is 15.2 Å². The number of carbonyl (C=O) groups is 4. The zero-order chi connectivity index (χ0) is 34.8. The number of hydrogen-bond donors (Lipinski definition) is 1. The van der Waals surface area contributed by atoms with Crippen molar-refractivity contribution in [2.24, 2.45) is 11.3 Å². The van der Waals surface area contributed by atoms with Crippen LogP contribution in [0.1, 0.15) is 79.1 Å². The second kappa shape index (κ2) is 14.2. The van der Waals surface area contributed by atoms with E-state index in [1.165, 1.54) is 0 Å². The fraction of sp³-hybridized carbons (Fsp3) is 0.513. The zero-order valence-electron chi connectivity index (χ0n) is 28.9. The van der Waals surface area contributed by atoms with Gasteiger partial charge >= 0.3 is 12.1 Å². The van der Waals surface area contributed by atoms with Gasteiger partial charge in [0.1, 0.15) is 17.7 Å². The summed E-state index contributed by atoms with van der Waals surface area (Å²) < 4.78 is 17.6. The van der Waals surface area contributed by atoms with Crippen molar-refractivity contribution in [2.75, 3.05) is 13.2 Å². The van der Waals surface area contributed by atoms with Gasteiger partial charge in [0, 0.05) is 23.6 Å². The van der Waals surface area contributed by atoms with E-state index in [-0.39, 0.29) is 49.6 Å². The number of benzene rings is 2. The summed E-state index contributed by atoms with van der Waals surface area (Å²) >= 11 is 0. The SMILES string of the molecule is CCOC(=O)[C@]12CC(=O)[C@@H]3C[C@@H](Oc4nc5ccccc5c5ccccc45)CN3C(=O)[C@@H](NC(=O)OC(C)(C)C)CCCCC/C=C\[C@@H]1C2. The Kier molecular flexibility index (Phi) is 9.95. The van der Waals surface area contributed by atoms with Gasteiger partial charge in [0.15, 0.2) is 5.78 Å². The first-order valence-electron chi connectivity index (χ1n) is 17.6. The largest absolute Gasteiger partial charge is 0.472 e. The van der Waals surface area contributed by atoms with E-state index in [2.05, 4.69) is 17.5 Å². The van der Waals surface area contributed by atoms with E-state index in [0.717, 1.165) is 40.9 Å². The fourth-order valence-corrected chi connectivity index (χ4v) is 7.31. The quantitative estimate of drug-likeness (QED) is 0.181. The van der Waals surface area contributed by atoms with E-state index < -0.39 is 35.3 Å². The number of ketones is 1. The molecule has 3 heterocycles. The number of carbonyl (C=O) groups excluding carboxylic acids is 4. The summed E-state index contributed by atoms with van der Waals surface area (Å²) in [6.07, 6.45) is 7.31. The number of para-hydroxylation sites is 1. The average Bonchev–Trinajstić information content (AvgIpc) is 3.59. The van der Waals surface area contributed by atoms with Crippen molar-refractivity contribution >= 4 is 45.4 Å². The number of ether oxygens (including phenoxy) is 3. The van der Waals surface area contributed by atoms with Crippen LogP contribution in [0, 0.1) is 11.3 Å². The minimum atomic E-state index is -0.943. The van der Waals surface area contributed by atoms with Gasteiger partial charge in [-0.3, -0.25) is 14.4 Å². The molecule has 6 rings (SSSR count). The number of hydrogen-bond acceptors (Lipinski definition) is 8. The topological polar surface area (TPSA) is 124 Å². The normalized spacial score (nSPS) is 27.0. The van der Waals surface area contributed by atoms with Crippen LogP contribution in [0.4, 0.5) is 4.79 Å². The Bertz CT molecular complexity index is 1760. The van der Waals surface area contributed by atoms with Crippen LogP contribution in [0.2, 0.25) is 0 Å². The van der Waals surface area contributed by atoms with Crippen LogP contribution >= 0.6 is 0 Å². The van der Waals surface area contributed by atoms with Crippen LogP contribution < -0.4 is 10.1 Å². The molecule has 1 saturated heterocycles. The standard InChI is InChI=1S/C39H47N3O7/c1-5-47-36(45)39-22-25(39)15-9-7-6-8-10-20-31(41-37(46)49-38(2,3)4)35(44)42-24-26(21-32(42)33(43)23-39)48-34-29-18-12-11-16-27(29)28-17-13-14-19-30(28)40-34/h9,11-19,25-26,31-32H,5-8,10,20-24H2,1-4H3,(H,41,46)/b15-9-/t25-,26-,31+,32+,39-/m1/s1. The van der Waals surface area contributed by atoms with E-state index in [1.807, 2.05) is 48.5 Å². The van der Waals surface area contributed by atoms with E-state index in [1.54, 1.807) is 32.6 Å². The molecule has 49 heavy (non-hydrogen) atoms. The maximum Gasteiger partial charge on any atom is 0.408 e. The third-order valence-electron chi connectivity index (χ3n) is 9.80. The lowest BCUT2D eigenvalue weighted by Crippen LogP contribution is -2.52. The Balaban J connectivity index is 1.33. The molecule has 0 unspecified atom stereocenters. The molecule has 1 saturated carbocycles. The highest BCUT2D eigenvalue weighted by Crippen LogP contribution is 2.57. The first-order chi connectivity index (χ1) is 23.5. The van der Waals surface area contributed by atoms with Crippen molar-refractivity contribution in [3.05, 3.63) is 60.7 Å². The smallest absolute Gasteiger partial charge is 0.408 e. The molecule has 2 aliphatic heterocycles. The third-order valence-corrected chi connectivity index (χ3v) is 9.80. The fourth-order valence-electron chi connectivity index (χ4n) is 7.31. The molecule has 10 nitrogen and oxygen atoms in total. The Morgan fingerprint density at radius 1 is 1.00 bits per heavy atom. The van der Waals surface area contributed by atoms with Crippen LogP contribution in [-0.4, -0.2) is 70.6 Å². The Morgan fingerprint density at radius 2 is 1.73 bits per heavy atom. The molecule has 3 aliphatic rings. The molecule has 2 fully saturated rings. The molecule has 0 bridgehead atoms. The number of esters is 1. The second-order valence-corrected chi connectivity index (χ2v) is 14.6. The van der Waals surface area contributed by atoms with Crippen LogP contribution in [0.3, 0.4) is 0 Å². The molecule has 1 N–H and O–H groups in total. The van der Waals surface area contributed by atoms with Gasteiger partial charge in [-0.05, 0) is 76.8 Å². The first-order valence-corrected chi connectivity index (χ1v) is 17.6. The molecular formula is C39H47N3O7. The van der Waals surface area contributed by atoms with E-state index in [4.69, 9.17) is 19.2 Å². The molecule has 3 aromatic rings. The summed E-state index contributed by atoms with van der Waals surface area (Å²) in [5.74, 6) is -0.612. The number of fused-ring (bicyclic) bond motifs is 5. The second-order valence-electron chi connectivity index (χ2n) is 14.6. The molecule has 5 atom stereocenters. The van der Waals surface area contributed by atoms with Crippen LogP contribution in [0.25, 0.3) is 21.7 Å². The summed E-state index contributed by atoms with van der Waals surface area (Å²) in [6.45, 7) is 7.41. The van der Waals surface area contributed by atoms with E-state index in [9.17, 15) is 19.2 Å². The summed E-state index contributed by atoms with van der Waals surface area (Å²) in [4.78, 5) is 61.4. The van der Waals surface area contributed by atoms with E-state index >= 15 is 0 Å². The number of allylic oxidation sites excluding steroid dienone is 2. The van der Waals surface area contributed by atoms with Gasteiger partial charge in [0.25, 0.3) is 0 Å². The summed E-state index contributed by atoms with van der Waals surface area (Å²) in [5.41, 5.74) is -0.911. The van der Waals surface area contributed by atoms with Crippen molar-refractivity contribution < 1.29 is 33.4 Å². The number of aromatic nitrogens is 1. The predicted molar refractivity (Wildman–Crippen MR) is 186 cm³/mol. The van der Waals surface area contributed by atoms with Crippen LogP contribution in [0.15, 0.2) is 60.7 Å². The van der Waals surface area contributed by atoms with Crippen molar-refractivity contribution in [1.29, 1.82) is 0 Å². The Hall–Kier alpha value is -4.47. The zero-order valence-corrected chi connectivity index (χ0v) is 28.9. The number of pyridine rings is 1. The number of rotatable bonds is 5. The maximum absolute atomic E-state index is 14.4. The summed E-state index contributed by atoms with van der Waals surface area (Å²) in [5, 5.41) is 5.64. The number of amides is 2. The number of nitrogens with one attached hydrogen (secondary N) is 1. The van der Waals surface area contributed by atoms with Gasteiger partial charge in [-0.15, -0.1) is 0 Å². The lowest BCUT2D eigenvalue weighted by atomic mass is 9.91. The van der Waals surface area contributed by atoms with Gasteiger partial charge < -0.3 is 24.4 Å². The highest BCUT2D eigenvalue weighted by atomic mass is 16.6.